The van der Waals surface area contributed by atoms with Crippen molar-refractivity contribution in [3.05, 3.63) is 76.6 Å². The molecule has 1 N–H and O–H groups in total. The maximum atomic E-state index is 14.0. The highest BCUT2D eigenvalue weighted by Crippen LogP contribution is 2.25. The number of rotatable bonds is 9. The Morgan fingerprint density at radius 2 is 1.98 bits per heavy atom. The highest BCUT2D eigenvalue weighted by Gasteiger charge is 2.25. The Kier molecular flexibility index (Phi) is 7.50. The van der Waals surface area contributed by atoms with E-state index in [4.69, 9.17) is 26.1 Å². The first-order valence-electron chi connectivity index (χ1n) is 13.1. The molecule has 1 aromatic carbocycles. The van der Waals surface area contributed by atoms with Gasteiger partial charge < -0.3 is 24.0 Å². The molecule has 2 saturated heterocycles. The van der Waals surface area contributed by atoms with Gasteiger partial charge in [-0.25, -0.2) is 14.2 Å². The predicted octanol–water partition coefficient (Wildman–Crippen LogP) is 4.01. The van der Waals surface area contributed by atoms with Gasteiger partial charge in [-0.15, -0.1) is 0 Å². The molecule has 0 radical (unpaired) electrons. The van der Waals surface area contributed by atoms with Crippen LogP contribution in [0.3, 0.4) is 0 Å². The van der Waals surface area contributed by atoms with E-state index in [9.17, 15) is 14.3 Å². The van der Waals surface area contributed by atoms with Crippen LogP contribution in [0.1, 0.15) is 28.3 Å². The van der Waals surface area contributed by atoms with Gasteiger partial charge in [0.1, 0.15) is 29.8 Å². The third-order valence-electron chi connectivity index (χ3n) is 7.26. The van der Waals surface area contributed by atoms with E-state index in [-0.39, 0.29) is 29.0 Å². The Balaban J connectivity index is 1.11. The Bertz CT molecular complexity index is 1540. The molecular formula is C28H28ClFN6O4. The molecule has 6 rings (SSSR count). The lowest BCUT2D eigenvalue weighted by Gasteiger charge is -2.35. The van der Waals surface area contributed by atoms with Crippen molar-refractivity contribution >= 4 is 34.4 Å². The second kappa shape index (κ2) is 11.4. The van der Waals surface area contributed by atoms with Crippen molar-refractivity contribution < 1.29 is 23.8 Å². The number of hydrogen-bond donors (Lipinski definition) is 1. The number of hydrogen-bond acceptors (Lipinski definition) is 8. The third-order valence-corrected chi connectivity index (χ3v) is 7.47. The van der Waals surface area contributed by atoms with Crippen molar-refractivity contribution in [1.82, 2.24) is 24.4 Å². The average molecular weight is 567 g/mol. The number of aromatic carboxylic acids is 1. The van der Waals surface area contributed by atoms with Crippen molar-refractivity contribution in [2.45, 2.75) is 32.2 Å². The number of pyridine rings is 2. The molecule has 0 spiro atoms. The Labute approximate surface area is 234 Å². The number of carbonyl (C=O) groups is 1. The predicted molar refractivity (Wildman–Crippen MR) is 146 cm³/mol. The molecular weight excluding hydrogens is 539 g/mol. The van der Waals surface area contributed by atoms with Crippen molar-refractivity contribution in [2.24, 2.45) is 0 Å². The van der Waals surface area contributed by atoms with E-state index in [0.29, 0.717) is 19.0 Å². The SMILES string of the molecule is O=C(O)c1ccc2nc(CN3CCN(c4cccc(OCc5ncc(Cl)cc5F)n4)CC3)n(C[C@@H]3CCO3)c2c1. The van der Waals surface area contributed by atoms with E-state index in [1.165, 1.54) is 12.3 Å². The molecule has 10 nitrogen and oxygen atoms in total. The molecule has 2 aliphatic rings. The zero-order valence-electron chi connectivity index (χ0n) is 21.7. The van der Waals surface area contributed by atoms with E-state index in [1.54, 1.807) is 24.3 Å². The maximum Gasteiger partial charge on any atom is 0.335 e. The zero-order valence-corrected chi connectivity index (χ0v) is 22.4. The van der Waals surface area contributed by atoms with Crippen LogP contribution in [-0.4, -0.2) is 74.4 Å². The molecule has 3 aromatic heterocycles. The summed E-state index contributed by atoms with van der Waals surface area (Å²) in [5, 5.41) is 9.71. The summed E-state index contributed by atoms with van der Waals surface area (Å²) in [6.45, 7) is 5.14. The second-order valence-electron chi connectivity index (χ2n) is 9.90. The zero-order chi connectivity index (χ0) is 27.6. The number of nitrogens with zero attached hydrogens (tertiary/aromatic N) is 6. The molecule has 12 heteroatoms. The number of carboxylic acids is 1. The third kappa shape index (κ3) is 5.72. The van der Waals surface area contributed by atoms with Crippen LogP contribution in [0.25, 0.3) is 11.0 Å². The molecule has 5 heterocycles. The number of anilines is 1. The fraction of sp³-hybridized carbons (Fsp3) is 0.357. The van der Waals surface area contributed by atoms with Gasteiger partial charge in [-0.05, 0) is 36.8 Å². The van der Waals surface area contributed by atoms with Crippen LogP contribution in [-0.2, 0) is 24.4 Å². The normalized spacial score (nSPS) is 17.6. The molecule has 1 atom stereocenters. The van der Waals surface area contributed by atoms with Gasteiger partial charge in [0.25, 0.3) is 0 Å². The van der Waals surface area contributed by atoms with Crippen LogP contribution >= 0.6 is 11.6 Å². The van der Waals surface area contributed by atoms with Crippen LogP contribution < -0.4 is 9.64 Å². The monoisotopic (exact) mass is 566 g/mol. The first-order chi connectivity index (χ1) is 19.4. The quantitative estimate of drug-likeness (QED) is 0.322. The number of carboxylic acid groups (broad SMARTS) is 1. The summed E-state index contributed by atoms with van der Waals surface area (Å²) >= 11 is 5.77. The fourth-order valence-electron chi connectivity index (χ4n) is 4.95. The first-order valence-corrected chi connectivity index (χ1v) is 13.5. The minimum Gasteiger partial charge on any atom is -0.478 e. The summed E-state index contributed by atoms with van der Waals surface area (Å²) in [6, 6.07) is 11.8. The smallest absolute Gasteiger partial charge is 0.335 e. The van der Waals surface area contributed by atoms with Crippen molar-refractivity contribution in [2.75, 3.05) is 37.7 Å². The lowest BCUT2D eigenvalue weighted by atomic mass is 10.1. The summed E-state index contributed by atoms with van der Waals surface area (Å²) in [5.41, 5.74) is 2.02. The van der Waals surface area contributed by atoms with Crippen LogP contribution in [0.4, 0.5) is 10.2 Å². The highest BCUT2D eigenvalue weighted by atomic mass is 35.5. The van der Waals surface area contributed by atoms with Crippen LogP contribution in [0.2, 0.25) is 5.02 Å². The minimum atomic E-state index is -0.955. The number of piperazine rings is 1. The van der Waals surface area contributed by atoms with Gasteiger partial charge in [-0.1, -0.05) is 17.7 Å². The number of fused-ring (bicyclic) bond motifs is 1. The first kappa shape index (κ1) is 26.4. The van der Waals surface area contributed by atoms with Gasteiger partial charge in [0, 0.05) is 45.0 Å². The molecule has 0 bridgehead atoms. The molecule has 0 saturated carbocycles. The van der Waals surface area contributed by atoms with Crippen molar-refractivity contribution in [1.29, 1.82) is 0 Å². The van der Waals surface area contributed by atoms with Gasteiger partial charge in [0.2, 0.25) is 5.88 Å². The molecule has 4 aromatic rings. The van der Waals surface area contributed by atoms with Gasteiger partial charge in [0.15, 0.2) is 0 Å². The van der Waals surface area contributed by atoms with Gasteiger partial charge in [-0.3, -0.25) is 9.88 Å². The molecule has 0 amide bonds. The van der Waals surface area contributed by atoms with E-state index >= 15 is 0 Å². The Morgan fingerprint density at radius 1 is 1.15 bits per heavy atom. The minimum absolute atomic E-state index is 0.0475. The molecule has 208 valence electrons. The number of ether oxygens (including phenoxy) is 2. The molecule has 40 heavy (non-hydrogen) atoms. The molecule has 2 fully saturated rings. The Hall–Kier alpha value is -3.80. The lowest BCUT2D eigenvalue weighted by Crippen LogP contribution is -2.46. The van der Waals surface area contributed by atoms with E-state index in [2.05, 4.69) is 24.3 Å². The number of halogens is 2. The topological polar surface area (TPSA) is 106 Å². The summed E-state index contributed by atoms with van der Waals surface area (Å²) in [5.74, 6) is 0.610. The van der Waals surface area contributed by atoms with Crippen LogP contribution in [0.15, 0.2) is 48.7 Å². The summed E-state index contributed by atoms with van der Waals surface area (Å²) < 4.78 is 27.5. The standard InChI is InChI=1S/C28H28ClFN6O4/c29-19-13-21(30)23(31-14-19)17-40-27-3-1-2-25(33-27)35-9-7-34(8-10-35)16-26-32-22-5-4-18(28(37)38)12-24(22)36(26)15-20-6-11-39-20/h1-5,12-14,20H,6-11,15-17H2,(H,37,38)/t20-/m0/s1. The lowest BCUT2D eigenvalue weighted by molar-refractivity contribution is -0.0592. The average Bonchev–Trinajstić information content (AvgIpc) is 3.26. The highest BCUT2D eigenvalue weighted by molar-refractivity contribution is 6.30. The molecule has 0 aliphatic carbocycles. The van der Waals surface area contributed by atoms with E-state index in [0.717, 1.165) is 61.9 Å². The second-order valence-corrected chi connectivity index (χ2v) is 10.3. The van der Waals surface area contributed by atoms with E-state index < -0.39 is 11.8 Å². The van der Waals surface area contributed by atoms with Gasteiger partial charge >= 0.3 is 5.97 Å². The number of aromatic nitrogens is 4. The largest absolute Gasteiger partial charge is 0.478 e. The van der Waals surface area contributed by atoms with Crippen molar-refractivity contribution in [3.63, 3.8) is 0 Å². The maximum absolute atomic E-state index is 14.0. The summed E-state index contributed by atoms with van der Waals surface area (Å²) in [4.78, 5) is 29.5. The van der Waals surface area contributed by atoms with Gasteiger partial charge in [0.05, 0.1) is 40.8 Å². The number of imidazole rings is 1. The molecule has 2 aliphatic heterocycles. The van der Waals surface area contributed by atoms with Crippen LogP contribution in [0.5, 0.6) is 5.88 Å². The van der Waals surface area contributed by atoms with Crippen LogP contribution in [0, 0.1) is 5.82 Å². The Morgan fingerprint density at radius 3 is 2.70 bits per heavy atom. The number of benzene rings is 1. The van der Waals surface area contributed by atoms with Gasteiger partial charge in [-0.2, -0.15) is 4.98 Å². The summed E-state index contributed by atoms with van der Waals surface area (Å²) in [6.07, 6.45) is 2.49. The summed E-state index contributed by atoms with van der Waals surface area (Å²) in [7, 11) is 0. The fourth-order valence-corrected chi connectivity index (χ4v) is 5.09. The molecule has 0 unspecified atom stereocenters. The van der Waals surface area contributed by atoms with Crippen molar-refractivity contribution in [3.8, 4) is 5.88 Å². The van der Waals surface area contributed by atoms with E-state index in [1.807, 2.05) is 12.1 Å².